The minimum Gasteiger partial charge on any atom is -0.492 e. The van der Waals surface area contributed by atoms with Crippen LogP contribution in [0.15, 0.2) is 53.0 Å². The summed E-state index contributed by atoms with van der Waals surface area (Å²) in [7, 11) is 0. The number of carbonyl (C=O) groups excluding carboxylic acids is 1. The summed E-state index contributed by atoms with van der Waals surface area (Å²) in [4.78, 5) is 11.8. The normalized spacial score (nSPS) is 11.2. The molecule has 0 aromatic heterocycles. The van der Waals surface area contributed by atoms with E-state index < -0.39 is 0 Å². The highest BCUT2D eigenvalue weighted by molar-refractivity contribution is 9.10. The van der Waals surface area contributed by atoms with Crippen LogP contribution in [-0.2, 0) is 11.8 Å². The minimum atomic E-state index is -0.111. The van der Waals surface area contributed by atoms with Gasteiger partial charge in [-0.05, 0) is 70.3 Å². The molecule has 0 fully saturated rings. The van der Waals surface area contributed by atoms with E-state index in [-0.39, 0.29) is 11.4 Å². The molecule has 29 heavy (non-hydrogen) atoms. The molecule has 0 saturated heterocycles. The highest BCUT2D eigenvalue weighted by atomic mass is 79.9. The van der Waals surface area contributed by atoms with Crippen molar-refractivity contribution in [1.29, 1.82) is 0 Å². The second kappa shape index (κ2) is 11.9. The zero-order valence-corrected chi connectivity index (χ0v) is 19.3. The number of aryl methyl sites for hydroxylation is 1. The number of halogens is 1. The van der Waals surface area contributed by atoms with E-state index in [1.54, 1.807) is 0 Å². The van der Waals surface area contributed by atoms with Crippen LogP contribution in [0.4, 0.5) is 4.79 Å². The van der Waals surface area contributed by atoms with Crippen LogP contribution in [0.2, 0.25) is 0 Å². The summed E-state index contributed by atoms with van der Waals surface area (Å²) < 4.78 is 6.79. The lowest BCUT2D eigenvalue weighted by Gasteiger charge is -2.20. The highest BCUT2D eigenvalue weighted by Gasteiger charge is 2.15. The fourth-order valence-corrected chi connectivity index (χ4v) is 3.40. The van der Waals surface area contributed by atoms with Gasteiger partial charge in [-0.15, -0.1) is 0 Å². The third kappa shape index (κ3) is 8.90. The van der Waals surface area contributed by atoms with Gasteiger partial charge < -0.3 is 15.4 Å². The number of hydrogen-bond donors (Lipinski definition) is 2. The summed E-state index contributed by atoms with van der Waals surface area (Å²) in [5.41, 5.74) is 2.72. The van der Waals surface area contributed by atoms with E-state index in [1.165, 1.54) is 11.1 Å². The molecule has 0 spiro atoms. The summed E-state index contributed by atoms with van der Waals surface area (Å²) >= 11 is 3.58. The van der Waals surface area contributed by atoms with Gasteiger partial charge >= 0.3 is 6.03 Å². The lowest BCUT2D eigenvalue weighted by Crippen LogP contribution is -2.36. The lowest BCUT2D eigenvalue weighted by atomic mass is 9.87. The Kier molecular flexibility index (Phi) is 9.52. The molecule has 0 heterocycles. The minimum absolute atomic E-state index is 0.111. The Balaban J connectivity index is 1.53. The monoisotopic (exact) mass is 460 g/mol. The number of ether oxygens (including phenoxy) is 1. The fourth-order valence-electron chi connectivity index (χ4n) is 2.90. The van der Waals surface area contributed by atoms with Gasteiger partial charge in [0.25, 0.3) is 0 Å². The van der Waals surface area contributed by atoms with Crippen molar-refractivity contribution in [3.63, 3.8) is 0 Å². The number of hydrogen-bond acceptors (Lipinski definition) is 2. The molecule has 5 heteroatoms. The Bertz CT molecular complexity index is 757. The average Bonchev–Trinajstić information content (AvgIpc) is 2.68. The van der Waals surface area contributed by atoms with Crippen LogP contribution in [0, 0.1) is 0 Å². The van der Waals surface area contributed by atoms with Gasteiger partial charge in [0.15, 0.2) is 0 Å². The molecule has 2 aromatic rings. The zero-order chi connectivity index (χ0) is 21.1. The van der Waals surface area contributed by atoms with E-state index >= 15 is 0 Å². The molecule has 2 rings (SSSR count). The molecule has 0 saturated carbocycles. The molecule has 0 bridgehead atoms. The van der Waals surface area contributed by atoms with Crippen molar-refractivity contribution >= 4 is 22.0 Å². The van der Waals surface area contributed by atoms with Gasteiger partial charge in [0.1, 0.15) is 5.75 Å². The molecule has 0 aliphatic heterocycles. The van der Waals surface area contributed by atoms with E-state index in [0.717, 1.165) is 35.9 Å². The number of carbonyl (C=O) groups is 1. The quantitative estimate of drug-likeness (QED) is 0.437. The SMILES string of the molecule is CC(C)(C)c1ccc(OCCCNC(=O)NCCCCc2ccccc2)c(Br)c1. The van der Waals surface area contributed by atoms with Gasteiger partial charge in [0, 0.05) is 13.1 Å². The van der Waals surface area contributed by atoms with Crippen molar-refractivity contribution in [3.8, 4) is 5.75 Å². The summed E-state index contributed by atoms with van der Waals surface area (Å²) in [6, 6.07) is 16.5. The van der Waals surface area contributed by atoms with Crippen molar-refractivity contribution in [3.05, 3.63) is 64.1 Å². The second-order valence-electron chi connectivity index (χ2n) is 8.22. The van der Waals surface area contributed by atoms with E-state index in [2.05, 4.69) is 83.7 Å². The molecule has 0 radical (unpaired) electrons. The molecule has 0 aliphatic carbocycles. The largest absolute Gasteiger partial charge is 0.492 e. The predicted octanol–water partition coefficient (Wildman–Crippen LogP) is 5.84. The maximum absolute atomic E-state index is 11.8. The van der Waals surface area contributed by atoms with E-state index in [9.17, 15) is 4.79 Å². The fraction of sp³-hybridized carbons (Fsp3) is 0.458. The van der Waals surface area contributed by atoms with E-state index in [4.69, 9.17) is 4.74 Å². The van der Waals surface area contributed by atoms with Gasteiger partial charge in [-0.1, -0.05) is 57.2 Å². The van der Waals surface area contributed by atoms with Crippen LogP contribution < -0.4 is 15.4 Å². The van der Waals surface area contributed by atoms with Crippen LogP contribution in [0.5, 0.6) is 5.75 Å². The van der Waals surface area contributed by atoms with Gasteiger partial charge in [-0.3, -0.25) is 0 Å². The Hall–Kier alpha value is -2.01. The van der Waals surface area contributed by atoms with Crippen LogP contribution in [-0.4, -0.2) is 25.7 Å². The molecular formula is C24H33BrN2O2. The van der Waals surface area contributed by atoms with Crippen LogP contribution in [0.25, 0.3) is 0 Å². The van der Waals surface area contributed by atoms with Crippen molar-refractivity contribution in [2.45, 2.75) is 51.9 Å². The first-order valence-corrected chi connectivity index (χ1v) is 11.1. The first-order chi connectivity index (χ1) is 13.9. The van der Waals surface area contributed by atoms with Gasteiger partial charge in [0.2, 0.25) is 0 Å². The van der Waals surface area contributed by atoms with Crippen LogP contribution in [0.1, 0.15) is 51.2 Å². The molecule has 158 valence electrons. The maximum Gasteiger partial charge on any atom is 0.314 e. The summed E-state index contributed by atoms with van der Waals surface area (Å²) in [6.07, 6.45) is 3.85. The Morgan fingerprint density at radius 3 is 2.31 bits per heavy atom. The predicted molar refractivity (Wildman–Crippen MR) is 124 cm³/mol. The van der Waals surface area contributed by atoms with Crippen molar-refractivity contribution in [2.75, 3.05) is 19.7 Å². The number of urea groups is 1. The number of unbranched alkanes of at least 4 members (excludes halogenated alkanes) is 1. The average molecular weight is 461 g/mol. The van der Waals surface area contributed by atoms with Crippen molar-refractivity contribution in [2.24, 2.45) is 0 Å². The molecule has 2 N–H and O–H groups in total. The molecule has 0 unspecified atom stereocenters. The topological polar surface area (TPSA) is 50.4 Å². The first-order valence-electron chi connectivity index (χ1n) is 10.3. The molecular weight excluding hydrogens is 428 g/mol. The van der Waals surface area contributed by atoms with Crippen LogP contribution >= 0.6 is 15.9 Å². The Labute approximate surface area is 183 Å². The number of rotatable bonds is 10. The van der Waals surface area contributed by atoms with Crippen LogP contribution in [0.3, 0.4) is 0 Å². The smallest absolute Gasteiger partial charge is 0.314 e. The third-order valence-electron chi connectivity index (χ3n) is 4.68. The summed E-state index contributed by atoms with van der Waals surface area (Å²) in [5, 5.41) is 5.79. The van der Waals surface area contributed by atoms with E-state index in [0.29, 0.717) is 19.7 Å². The number of amides is 2. The molecule has 4 nitrogen and oxygen atoms in total. The zero-order valence-electron chi connectivity index (χ0n) is 17.8. The second-order valence-corrected chi connectivity index (χ2v) is 9.08. The molecule has 0 atom stereocenters. The first kappa shape index (κ1) is 23.3. The lowest BCUT2D eigenvalue weighted by molar-refractivity contribution is 0.239. The molecule has 0 aliphatic rings. The van der Waals surface area contributed by atoms with Gasteiger partial charge in [-0.25, -0.2) is 4.79 Å². The van der Waals surface area contributed by atoms with Gasteiger partial charge in [-0.2, -0.15) is 0 Å². The standard InChI is InChI=1S/C24H33BrN2O2/c1-24(2,3)20-13-14-22(21(25)18-20)29-17-9-16-27-23(28)26-15-8-7-12-19-10-5-4-6-11-19/h4-6,10-11,13-14,18H,7-9,12,15-17H2,1-3H3,(H2,26,27,28). The van der Waals surface area contributed by atoms with E-state index in [1.807, 2.05) is 12.1 Å². The highest BCUT2D eigenvalue weighted by Crippen LogP contribution is 2.31. The summed E-state index contributed by atoms with van der Waals surface area (Å²) in [5.74, 6) is 0.834. The number of benzene rings is 2. The Morgan fingerprint density at radius 2 is 1.66 bits per heavy atom. The van der Waals surface area contributed by atoms with Gasteiger partial charge in [0.05, 0.1) is 11.1 Å². The van der Waals surface area contributed by atoms with Crippen molar-refractivity contribution in [1.82, 2.24) is 10.6 Å². The number of nitrogens with one attached hydrogen (secondary N) is 2. The maximum atomic E-state index is 11.8. The van der Waals surface area contributed by atoms with Crippen molar-refractivity contribution < 1.29 is 9.53 Å². The molecule has 2 amide bonds. The summed E-state index contributed by atoms with van der Waals surface area (Å²) in [6.45, 7) is 8.42. The molecule has 2 aromatic carbocycles. The Morgan fingerprint density at radius 1 is 0.966 bits per heavy atom. The third-order valence-corrected chi connectivity index (χ3v) is 5.30.